The number of hydrogen-bond donors (Lipinski definition) is 1. The van der Waals surface area contributed by atoms with Crippen molar-refractivity contribution in [3.8, 4) is 0 Å². The highest BCUT2D eigenvalue weighted by Crippen LogP contribution is 2.12. The van der Waals surface area contributed by atoms with Gasteiger partial charge in [0, 0.05) is 18.9 Å². The van der Waals surface area contributed by atoms with Gasteiger partial charge in [0.2, 0.25) is 5.91 Å². The molecule has 21 heavy (non-hydrogen) atoms. The van der Waals surface area contributed by atoms with Crippen molar-refractivity contribution < 1.29 is 4.79 Å². The number of nitrogens with one attached hydrogen (secondary N) is 1. The molecule has 2 heterocycles. The minimum Gasteiger partial charge on any atom is -0.355 e. The van der Waals surface area contributed by atoms with E-state index in [2.05, 4.69) is 15.2 Å². The van der Waals surface area contributed by atoms with Crippen LogP contribution in [0.25, 0.3) is 0 Å². The minimum atomic E-state index is 0.00373. The molecule has 1 amide bonds. The number of aromatic nitrogens is 1. The van der Waals surface area contributed by atoms with E-state index in [1.54, 1.807) is 0 Å². The highest BCUT2D eigenvalue weighted by Gasteiger charge is 2.21. The molecule has 4 nitrogen and oxygen atoms in total. The SMILES string of the molecule is C[C@@H](C(=O)NCCCc1ccncc1)N1CCCCCC1. The van der Waals surface area contributed by atoms with Gasteiger partial charge in [0.1, 0.15) is 0 Å². The molecule has 1 fully saturated rings. The van der Waals surface area contributed by atoms with Crippen LogP contribution < -0.4 is 5.32 Å². The second kappa shape index (κ2) is 8.78. The molecule has 0 spiro atoms. The average Bonchev–Trinajstić information content (AvgIpc) is 2.81. The first-order valence-electron chi connectivity index (χ1n) is 8.18. The lowest BCUT2D eigenvalue weighted by atomic mass is 10.1. The number of pyridine rings is 1. The summed E-state index contributed by atoms with van der Waals surface area (Å²) in [6.45, 7) is 4.90. The molecule has 0 aliphatic carbocycles. The van der Waals surface area contributed by atoms with E-state index >= 15 is 0 Å². The molecule has 1 aliphatic heterocycles. The van der Waals surface area contributed by atoms with Crippen molar-refractivity contribution in [3.05, 3.63) is 30.1 Å². The van der Waals surface area contributed by atoms with Crippen LogP contribution in [0.2, 0.25) is 0 Å². The van der Waals surface area contributed by atoms with Crippen LogP contribution in [0, 0.1) is 0 Å². The molecule has 0 radical (unpaired) electrons. The van der Waals surface area contributed by atoms with Crippen molar-refractivity contribution in [2.45, 2.75) is 51.5 Å². The first-order valence-corrected chi connectivity index (χ1v) is 8.18. The van der Waals surface area contributed by atoms with Crippen LogP contribution in [0.5, 0.6) is 0 Å². The van der Waals surface area contributed by atoms with Crippen molar-refractivity contribution in [1.29, 1.82) is 0 Å². The monoisotopic (exact) mass is 289 g/mol. The summed E-state index contributed by atoms with van der Waals surface area (Å²) in [6, 6.07) is 4.06. The molecule has 0 saturated carbocycles. The molecule has 2 rings (SSSR count). The summed E-state index contributed by atoms with van der Waals surface area (Å²) in [5.41, 5.74) is 1.28. The van der Waals surface area contributed by atoms with Gasteiger partial charge in [-0.2, -0.15) is 0 Å². The summed E-state index contributed by atoms with van der Waals surface area (Å²) in [5, 5.41) is 3.07. The predicted octanol–water partition coefficient (Wildman–Crippen LogP) is 2.39. The lowest BCUT2D eigenvalue weighted by molar-refractivity contribution is -0.125. The van der Waals surface area contributed by atoms with Crippen molar-refractivity contribution in [1.82, 2.24) is 15.2 Å². The first-order chi connectivity index (χ1) is 10.3. The Bertz CT molecular complexity index is 413. The molecule has 1 aromatic rings. The molecule has 1 aliphatic rings. The topological polar surface area (TPSA) is 45.2 Å². The third kappa shape index (κ3) is 5.46. The van der Waals surface area contributed by atoms with E-state index in [-0.39, 0.29) is 11.9 Å². The molecule has 116 valence electrons. The van der Waals surface area contributed by atoms with Gasteiger partial charge in [-0.1, -0.05) is 12.8 Å². The van der Waals surface area contributed by atoms with Crippen molar-refractivity contribution in [2.24, 2.45) is 0 Å². The number of amides is 1. The fourth-order valence-corrected chi connectivity index (χ4v) is 2.85. The van der Waals surface area contributed by atoms with Gasteiger partial charge < -0.3 is 5.32 Å². The van der Waals surface area contributed by atoms with E-state index in [4.69, 9.17) is 0 Å². The van der Waals surface area contributed by atoms with Crippen LogP contribution in [0.15, 0.2) is 24.5 Å². The van der Waals surface area contributed by atoms with Gasteiger partial charge in [-0.15, -0.1) is 0 Å². The molecule has 0 unspecified atom stereocenters. The van der Waals surface area contributed by atoms with E-state index < -0.39 is 0 Å². The number of likely N-dealkylation sites (tertiary alicyclic amines) is 1. The third-order valence-electron chi connectivity index (χ3n) is 4.26. The zero-order valence-electron chi connectivity index (χ0n) is 13.1. The fourth-order valence-electron chi connectivity index (χ4n) is 2.85. The Kier molecular flexibility index (Phi) is 6.67. The minimum absolute atomic E-state index is 0.00373. The van der Waals surface area contributed by atoms with Gasteiger partial charge >= 0.3 is 0 Å². The molecule has 1 saturated heterocycles. The summed E-state index contributed by atoms with van der Waals surface area (Å²) in [7, 11) is 0. The summed E-state index contributed by atoms with van der Waals surface area (Å²) in [5.74, 6) is 0.173. The smallest absolute Gasteiger partial charge is 0.237 e. The predicted molar refractivity (Wildman–Crippen MR) is 85.1 cm³/mol. The highest BCUT2D eigenvalue weighted by atomic mass is 16.2. The zero-order chi connectivity index (χ0) is 14.9. The largest absolute Gasteiger partial charge is 0.355 e. The Hall–Kier alpha value is -1.42. The number of hydrogen-bond acceptors (Lipinski definition) is 3. The maximum absolute atomic E-state index is 12.2. The highest BCUT2D eigenvalue weighted by molar-refractivity contribution is 5.81. The van der Waals surface area contributed by atoms with Gasteiger partial charge in [0.05, 0.1) is 6.04 Å². The van der Waals surface area contributed by atoms with Gasteiger partial charge in [0.15, 0.2) is 0 Å². The molecular formula is C17H27N3O. The van der Waals surface area contributed by atoms with Gasteiger partial charge in [-0.05, 0) is 63.4 Å². The molecular weight excluding hydrogens is 262 g/mol. The van der Waals surface area contributed by atoms with Crippen LogP contribution in [0.1, 0.15) is 44.6 Å². The second-order valence-electron chi connectivity index (χ2n) is 5.88. The Morgan fingerprint density at radius 2 is 1.90 bits per heavy atom. The maximum atomic E-state index is 12.2. The van der Waals surface area contributed by atoms with E-state index in [9.17, 15) is 4.79 Å². The van der Waals surface area contributed by atoms with Gasteiger partial charge in [-0.3, -0.25) is 14.7 Å². The molecule has 1 N–H and O–H groups in total. The molecule has 0 aromatic carbocycles. The summed E-state index contributed by atoms with van der Waals surface area (Å²) < 4.78 is 0. The quantitative estimate of drug-likeness (QED) is 0.818. The van der Waals surface area contributed by atoms with E-state index in [0.717, 1.165) is 32.5 Å². The van der Waals surface area contributed by atoms with Crippen LogP contribution in [0.4, 0.5) is 0 Å². The number of carbonyl (C=O) groups excluding carboxylic acids is 1. The summed E-state index contributed by atoms with van der Waals surface area (Å²) >= 11 is 0. The Morgan fingerprint density at radius 1 is 1.24 bits per heavy atom. The van der Waals surface area contributed by atoms with E-state index in [1.807, 2.05) is 31.5 Å². The lowest BCUT2D eigenvalue weighted by Gasteiger charge is -2.26. The first kappa shape index (κ1) is 16.0. The molecule has 0 bridgehead atoms. The zero-order valence-corrected chi connectivity index (χ0v) is 13.1. The van der Waals surface area contributed by atoms with Crippen LogP contribution in [-0.4, -0.2) is 41.5 Å². The maximum Gasteiger partial charge on any atom is 0.237 e. The third-order valence-corrected chi connectivity index (χ3v) is 4.26. The summed E-state index contributed by atoms with van der Waals surface area (Å²) in [6.07, 6.45) is 10.6. The lowest BCUT2D eigenvalue weighted by Crippen LogP contribution is -2.45. The van der Waals surface area contributed by atoms with E-state index in [1.165, 1.54) is 31.2 Å². The standard InChI is InChI=1S/C17H27N3O/c1-15(20-13-4-2-3-5-14-20)17(21)19-10-6-7-16-8-11-18-12-9-16/h8-9,11-12,15H,2-7,10,13-14H2,1H3,(H,19,21)/t15-/m0/s1. The molecule has 4 heteroatoms. The molecule has 1 aromatic heterocycles. The van der Waals surface area contributed by atoms with Gasteiger partial charge in [-0.25, -0.2) is 0 Å². The van der Waals surface area contributed by atoms with Crippen molar-refractivity contribution in [2.75, 3.05) is 19.6 Å². The van der Waals surface area contributed by atoms with Crippen LogP contribution in [-0.2, 0) is 11.2 Å². The Morgan fingerprint density at radius 3 is 2.57 bits per heavy atom. The normalized spacial score (nSPS) is 18.0. The summed E-state index contributed by atoms with van der Waals surface area (Å²) in [4.78, 5) is 18.5. The Labute approximate surface area is 127 Å². The fraction of sp³-hybridized carbons (Fsp3) is 0.647. The Balaban J connectivity index is 1.66. The van der Waals surface area contributed by atoms with Crippen LogP contribution >= 0.6 is 0 Å². The number of nitrogens with zero attached hydrogens (tertiary/aromatic N) is 2. The number of aryl methyl sites for hydroxylation is 1. The average molecular weight is 289 g/mol. The van der Waals surface area contributed by atoms with E-state index in [0.29, 0.717) is 0 Å². The molecule has 1 atom stereocenters. The number of carbonyl (C=O) groups is 1. The van der Waals surface area contributed by atoms with Crippen molar-refractivity contribution >= 4 is 5.91 Å². The van der Waals surface area contributed by atoms with Crippen LogP contribution in [0.3, 0.4) is 0 Å². The second-order valence-corrected chi connectivity index (χ2v) is 5.88. The van der Waals surface area contributed by atoms with Crippen molar-refractivity contribution in [3.63, 3.8) is 0 Å². The number of rotatable bonds is 6. The van der Waals surface area contributed by atoms with Gasteiger partial charge in [0.25, 0.3) is 0 Å².